The second-order valence-corrected chi connectivity index (χ2v) is 6.38. The summed E-state index contributed by atoms with van der Waals surface area (Å²) in [6.45, 7) is 3.21. The predicted molar refractivity (Wildman–Crippen MR) is 92.4 cm³/mol. The van der Waals surface area contributed by atoms with Crippen molar-refractivity contribution in [2.24, 2.45) is 0 Å². The fraction of sp³-hybridized carbons (Fsp3) is 0.368. The molecule has 1 aromatic carbocycles. The highest BCUT2D eigenvalue weighted by Gasteiger charge is 2.21. The zero-order chi connectivity index (χ0) is 15.6. The number of nitrogens with zero attached hydrogens (tertiary/aromatic N) is 3. The Bertz CT molecular complexity index is 815. The molecule has 118 valence electrons. The van der Waals surface area contributed by atoms with E-state index < -0.39 is 0 Å². The summed E-state index contributed by atoms with van der Waals surface area (Å²) in [7, 11) is 0. The average molecular weight is 306 g/mol. The fourth-order valence-corrected chi connectivity index (χ4v) is 3.49. The number of nitrogens with one attached hydrogen (secondary N) is 1. The Hall–Kier alpha value is -2.20. The summed E-state index contributed by atoms with van der Waals surface area (Å²) >= 11 is 0. The summed E-state index contributed by atoms with van der Waals surface area (Å²) in [5, 5.41) is 3.63. The molecule has 1 N–H and O–H groups in total. The van der Waals surface area contributed by atoms with Crippen LogP contribution in [-0.2, 0) is 6.42 Å². The number of hydrogen-bond acceptors (Lipinski definition) is 3. The van der Waals surface area contributed by atoms with Gasteiger partial charge in [0.1, 0.15) is 11.3 Å². The molecule has 1 saturated heterocycles. The number of aryl methyl sites for hydroxylation is 1. The second kappa shape index (κ2) is 6.13. The van der Waals surface area contributed by atoms with Gasteiger partial charge in [0.2, 0.25) is 0 Å². The maximum Gasteiger partial charge on any atom is 0.161 e. The van der Waals surface area contributed by atoms with Gasteiger partial charge in [-0.3, -0.25) is 9.88 Å². The van der Waals surface area contributed by atoms with Crippen LogP contribution in [0.5, 0.6) is 0 Å². The van der Waals surface area contributed by atoms with Gasteiger partial charge in [0, 0.05) is 12.6 Å². The van der Waals surface area contributed by atoms with E-state index in [1.165, 1.54) is 24.0 Å². The zero-order valence-electron chi connectivity index (χ0n) is 13.5. The molecule has 1 aliphatic heterocycles. The first-order valence-corrected chi connectivity index (χ1v) is 8.42. The molecular formula is C19H22N4. The third kappa shape index (κ3) is 2.86. The molecule has 0 bridgehead atoms. The van der Waals surface area contributed by atoms with Crippen LogP contribution in [-0.4, -0.2) is 21.1 Å². The van der Waals surface area contributed by atoms with Gasteiger partial charge in [-0.2, -0.15) is 0 Å². The normalized spacial score (nSPS) is 18.4. The Labute approximate surface area is 136 Å². The minimum absolute atomic E-state index is 0.309. The Morgan fingerprint density at radius 2 is 2.17 bits per heavy atom. The van der Waals surface area contributed by atoms with Crippen LogP contribution in [0.2, 0.25) is 0 Å². The lowest BCUT2D eigenvalue weighted by Crippen LogP contribution is -2.32. The van der Waals surface area contributed by atoms with E-state index in [0.717, 1.165) is 36.4 Å². The van der Waals surface area contributed by atoms with Crippen molar-refractivity contribution in [1.29, 1.82) is 0 Å². The number of rotatable bonds is 3. The van der Waals surface area contributed by atoms with Gasteiger partial charge < -0.3 is 0 Å². The van der Waals surface area contributed by atoms with Crippen LogP contribution < -0.4 is 5.32 Å². The quantitative estimate of drug-likeness (QED) is 0.804. The molecule has 3 aromatic rings. The molecule has 23 heavy (non-hydrogen) atoms. The van der Waals surface area contributed by atoms with Gasteiger partial charge in [-0.15, -0.1) is 0 Å². The van der Waals surface area contributed by atoms with Crippen LogP contribution in [0.1, 0.15) is 42.4 Å². The monoisotopic (exact) mass is 306 g/mol. The van der Waals surface area contributed by atoms with Crippen molar-refractivity contribution in [3.8, 4) is 0 Å². The van der Waals surface area contributed by atoms with E-state index in [0.29, 0.717) is 6.17 Å². The SMILES string of the molecule is Cc1cccc(Cc2nc3cccnc3n2C2CCCCN2)c1. The van der Waals surface area contributed by atoms with Gasteiger partial charge >= 0.3 is 0 Å². The molecule has 2 aromatic heterocycles. The Morgan fingerprint density at radius 3 is 3.00 bits per heavy atom. The minimum Gasteiger partial charge on any atom is -0.297 e. The fourth-order valence-electron chi connectivity index (χ4n) is 3.49. The van der Waals surface area contributed by atoms with Crippen molar-refractivity contribution < 1.29 is 0 Å². The van der Waals surface area contributed by atoms with Crippen molar-refractivity contribution in [2.45, 2.75) is 38.8 Å². The smallest absolute Gasteiger partial charge is 0.161 e. The number of aromatic nitrogens is 3. The number of pyridine rings is 1. The molecular weight excluding hydrogens is 284 g/mol. The van der Waals surface area contributed by atoms with Gasteiger partial charge in [-0.25, -0.2) is 9.97 Å². The molecule has 1 atom stereocenters. The van der Waals surface area contributed by atoms with Crippen molar-refractivity contribution in [1.82, 2.24) is 19.9 Å². The van der Waals surface area contributed by atoms with Crippen LogP contribution in [0.15, 0.2) is 42.6 Å². The molecule has 3 heterocycles. The van der Waals surface area contributed by atoms with E-state index in [1.807, 2.05) is 12.3 Å². The van der Waals surface area contributed by atoms with Gasteiger partial charge in [0.15, 0.2) is 5.65 Å². The predicted octanol–water partition coefficient (Wildman–Crippen LogP) is 3.60. The van der Waals surface area contributed by atoms with Gasteiger partial charge in [-0.1, -0.05) is 29.8 Å². The molecule has 4 rings (SSSR count). The highest BCUT2D eigenvalue weighted by Crippen LogP contribution is 2.25. The van der Waals surface area contributed by atoms with Crippen molar-refractivity contribution in [3.63, 3.8) is 0 Å². The number of hydrogen-bond donors (Lipinski definition) is 1. The van der Waals surface area contributed by atoms with Crippen molar-refractivity contribution in [2.75, 3.05) is 6.54 Å². The van der Waals surface area contributed by atoms with Crippen LogP contribution >= 0.6 is 0 Å². The van der Waals surface area contributed by atoms with Crippen LogP contribution in [0, 0.1) is 6.92 Å². The van der Waals surface area contributed by atoms with Crippen LogP contribution in [0.25, 0.3) is 11.2 Å². The largest absolute Gasteiger partial charge is 0.297 e. The van der Waals surface area contributed by atoms with Gasteiger partial charge in [0.05, 0.1) is 6.17 Å². The summed E-state index contributed by atoms with van der Waals surface area (Å²) in [6.07, 6.45) is 6.67. The molecule has 4 heteroatoms. The van der Waals surface area contributed by atoms with Crippen LogP contribution in [0.3, 0.4) is 0 Å². The van der Waals surface area contributed by atoms with Gasteiger partial charge in [-0.05, 0) is 50.4 Å². The van der Waals surface area contributed by atoms with Crippen molar-refractivity contribution >= 4 is 11.2 Å². The Kier molecular flexibility index (Phi) is 3.83. The average Bonchev–Trinajstić information content (AvgIpc) is 2.93. The highest BCUT2D eigenvalue weighted by molar-refractivity contribution is 5.71. The molecule has 0 aliphatic carbocycles. The van der Waals surface area contributed by atoms with E-state index in [4.69, 9.17) is 4.98 Å². The summed E-state index contributed by atoms with van der Waals surface area (Å²) in [5.74, 6) is 1.10. The van der Waals surface area contributed by atoms with Crippen LogP contribution in [0.4, 0.5) is 0 Å². The highest BCUT2D eigenvalue weighted by atomic mass is 15.2. The number of fused-ring (bicyclic) bond motifs is 1. The number of piperidine rings is 1. The maximum absolute atomic E-state index is 4.87. The third-order valence-electron chi connectivity index (χ3n) is 4.56. The first-order valence-electron chi connectivity index (χ1n) is 8.42. The zero-order valence-corrected chi connectivity index (χ0v) is 13.5. The lowest BCUT2D eigenvalue weighted by atomic mass is 10.1. The lowest BCUT2D eigenvalue weighted by molar-refractivity contribution is 0.320. The van der Waals surface area contributed by atoms with E-state index in [-0.39, 0.29) is 0 Å². The molecule has 0 spiro atoms. The topological polar surface area (TPSA) is 42.7 Å². The maximum atomic E-state index is 4.87. The minimum atomic E-state index is 0.309. The summed E-state index contributed by atoms with van der Waals surface area (Å²) in [5.41, 5.74) is 4.58. The second-order valence-electron chi connectivity index (χ2n) is 6.38. The van der Waals surface area contributed by atoms with E-state index in [9.17, 15) is 0 Å². The molecule has 1 fully saturated rings. The summed E-state index contributed by atoms with van der Waals surface area (Å²) < 4.78 is 2.32. The first-order chi connectivity index (χ1) is 11.3. The van der Waals surface area contributed by atoms with Gasteiger partial charge in [0.25, 0.3) is 0 Å². The lowest BCUT2D eigenvalue weighted by Gasteiger charge is -2.26. The summed E-state index contributed by atoms with van der Waals surface area (Å²) in [4.78, 5) is 9.47. The molecule has 4 nitrogen and oxygen atoms in total. The first kappa shape index (κ1) is 14.4. The number of benzene rings is 1. The van der Waals surface area contributed by atoms with Crippen molar-refractivity contribution in [3.05, 3.63) is 59.5 Å². The van der Waals surface area contributed by atoms with E-state index >= 15 is 0 Å². The molecule has 0 saturated carbocycles. The Balaban J connectivity index is 1.78. The molecule has 0 radical (unpaired) electrons. The molecule has 1 aliphatic rings. The summed E-state index contributed by atoms with van der Waals surface area (Å²) in [6, 6.07) is 12.7. The molecule has 1 unspecified atom stereocenters. The molecule has 0 amide bonds. The van der Waals surface area contributed by atoms with E-state index in [2.05, 4.69) is 52.1 Å². The standard InChI is InChI=1S/C19H22N4/c1-14-6-4-7-15(12-14)13-18-22-16-8-5-11-21-19(16)23(18)17-9-2-3-10-20-17/h4-8,11-12,17,20H,2-3,9-10,13H2,1H3. The van der Waals surface area contributed by atoms with E-state index in [1.54, 1.807) is 0 Å². The number of imidazole rings is 1. The third-order valence-corrected chi connectivity index (χ3v) is 4.56. The Morgan fingerprint density at radius 1 is 1.22 bits per heavy atom.